The molecule has 8 nitrogen and oxygen atoms in total. The molecule has 0 saturated carbocycles. The molecule has 3 N–H and O–H groups in total. The van der Waals surface area contributed by atoms with Gasteiger partial charge in [0.1, 0.15) is 22.9 Å². The molecule has 0 atom stereocenters. The number of pyridine rings is 1. The normalized spacial score (nSPS) is 11.9. The average molecular weight is 282 g/mol. The largest absolute Gasteiger partial charge is 0.383 e. The first kappa shape index (κ1) is 13.4. The van der Waals surface area contributed by atoms with E-state index in [0.29, 0.717) is 5.82 Å². The summed E-state index contributed by atoms with van der Waals surface area (Å²) >= 11 is 0. The SMILES string of the molecule is Cc1cnc(N)c(S(=O)(=O)N(C)Cc2ncn[nH]2)c1. The highest BCUT2D eigenvalue weighted by atomic mass is 32.2. The number of hydrogen-bond acceptors (Lipinski definition) is 6. The summed E-state index contributed by atoms with van der Waals surface area (Å²) in [4.78, 5) is 7.74. The fraction of sp³-hybridized carbons (Fsp3) is 0.300. The minimum atomic E-state index is -3.71. The van der Waals surface area contributed by atoms with Gasteiger partial charge in [-0.3, -0.25) is 5.10 Å². The Morgan fingerprint density at radius 2 is 2.16 bits per heavy atom. The van der Waals surface area contributed by atoms with E-state index >= 15 is 0 Å². The third kappa shape index (κ3) is 2.71. The van der Waals surface area contributed by atoms with E-state index in [2.05, 4.69) is 20.2 Å². The summed E-state index contributed by atoms with van der Waals surface area (Å²) in [5.41, 5.74) is 6.36. The Kier molecular flexibility index (Phi) is 3.49. The lowest BCUT2D eigenvalue weighted by molar-refractivity contribution is 0.457. The summed E-state index contributed by atoms with van der Waals surface area (Å²) in [5.74, 6) is 0.431. The highest BCUT2D eigenvalue weighted by Crippen LogP contribution is 2.21. The fourth-order valence-electron chi connectivity index (χ4n) is 1.53. The molecule has 0 aromatic carbocycles. The lowest BCUT2D eigenvalue weighted by Crippen LogP contribution is -2.28. The maximum Gasteiger partial charge on any atom is 0.246 e. The molecule has 19 heavy (non-hydrogen) atoms. The average Bonchev–Trinajstić information content (AvgIpc) is 2.85. The second-order valence-electron chi connectivity index (χ2n) is 4.09. The molecular weight excluding hydrogens is 268 g/mol. The van der Waals surface area contributed by atoms with Crippen LogP contribution in [0.25, 0.3) is 0 Å². The zero-order valence-electron chi connectivity index (χ0n) is 10.5. The molecule has 0 bridgehead atoms. The topological polar surface area (TPSA) is 118 Å². The van der Waals surface area contributed by atoms with Gasteiger partial charge in [-0.1, -0.05) is 0 Å². The number of aromatic nitrogens is 4. The van der Waals surface area contributed by atoms with Crippen LogP contribution in [0.1, 0.15) is 11.4 Å². The van der Waals surface area contributed by atoms with Gasteiger partial charge < -0.3 is 5.73 Å². The predicted molar refractivity (Wildman–Crippen MR) is 68.4 cm³/mol. The smallest absolute Gasteiger partial charge is 0.246 e. The number of aromatic amines is 1. The van der Waals surface area contributed by atoms with E-state index in [9.17, 15) is 8.42 Å². The molecule has 2 rings (SSSR count). The molecule has 0 radical (unpaired) electrons. The quantitative estimate of drug-likeness (QED) is 0.809. The van der Waals surface area contributed by atoms with Crippen molar-refractivity contribution in [2.75, 3.05) is 12.8 Å². The summed E-state index contributed by atoms with van der Waals surface area (Å²) < 4.78 is 25.9. The standard InChI is InChI=1S/C10H14N6O2S/c1-7-3-8(10(11)12-4-7)19(17,18)16(2)5-9-13-6-14-15-9/h3-4,6H,5H2,1-2H3,(H2,11,12)(H,13,14,15). The van der Waals surface area contributed by atoms with Crippen molar-refractivity contribution in [3.63, 3.8) is 0 Å². The van der Waals surface area contributed by atoms with Crippen molar-refractivity contribution in [3.05, 3.63) is 30.0 Å². The number of rotatable bonds is 4. The van der Waals surface area contributed by atoms with Crippen molar-refractivity contribution >= 4 is 15.8 Å². The predicted octanol–water partition coefficient (Wildman–Crippen LogP) is -0.0890. The highest BCUT2D eigenvalue weighted by Gasteiger charge is 2.25. The number of nitrogens with zero attached hydrogens (tertiary/aromatic N) is 4. The van der Waals surface area contributed by atoms with Gasteiger partial charge in [-0.15, -0.1) is 0 Å². The van der Waals surface area contributed by atoms with Crippen LogP contribution in [0.3, 0.4) is 0 Å². The third-order valence-electron chi connectivity index (χ3n) is 2.54. The van der Waals surface area contributed by atoms with Crippen LogP contribution >= 0.6 is 0 Å². The van der Waals surface area contributed by atoms with E-state index in [1.54, 1.807) is 6.92 Å². The van der Waals surface area contributed by atoms with Gasteiger partial charge in [0.15, 0.2) is 0 Å². The van der Waals surface area contributed by atoms with E-state index in [0.717, 1.165) is 9.87 Å². The molecule has 102 valence electrons. The molecule has 2 heterocycles. The number of aryl methyl sites for hydroxylation is 1. The molecular formula is C10H14N6O2S. The van der Waals surface area contributed by atoms with Crippen LogP contribution in [0, 0.1) is 6.92 Å². The van der Waals surface area contributed by atoms with Gasteiger partial charge in [0, 0.05) is 13.2 Å². The Hall–Kier alpha value is -2.00. The minimum absolute atomic E-state index is 0.00508. The van der Waals surface area contributed by atoms with Crippen molar-refractivity contribution in [1.29, 1.82) is 0 Å². The number of nitrogens with one attached hydrogen (secondary N) is 1. The second kappa shape index (κ2) is 4.94. The van der Waals surface area contributed by atoms with E-state index in [1.165, 1.54) is 25.6 Å². The number of anilines is 1. The zero-order valence-corrected chi connectivity index (χ0v) is 11.3. The van der Waals surface area contributed by atoms with Gasteiger partial charge in [-0.05, 0) is 18.6 Å². The van der Waals surface area contributed by atoms with E-state index in [-0.39, 0.29) is 17.3 Å². The van der Waals surface area contributed by atoms with Gasteiger partial charge in [0.05, 0.1) is 6.54 Å². The first-order valence-corrected chi connectivity index (χ1v) is 6.88. The number of hydrogen-bond donors (Lipinski definition) is 2. The summed E-state index contributed by atoms with van der Waals surface area (Å²) in [6, 6.07) is 1.49. The van der Waals surface area contributed by atoms with E-state index in [4.69, 9.17) is 5.73 Å². The van der Waals surface area contributed by atoms with Crippen LogP contribution in [0.5, 0.6) is 0 Å². The Labute approximate surface area is 110 Å². The Balaban J connectivity index is 2.33. The molecule has 2 aromatic heterocycles. The van der Waals surface area contributed by atoms with Crippen molar-refractivity contribution in [2.45, 2.75) is 18.4 Å². The molecule has 2 aromatic rings. The van der Waals surface area contributed by atoms with Crippen LogP contribution < -0.4 is 5.73 Å². The monoisotopic (exact) mass is 282 g/mol. The molecule has 0 aliphatic heterocycles. The molecule has 0 unspecified atom stereocenters. The van der Waals surface area contributed by atoms with Crippen LogP contribution in [0.4, 0.5) is 5.82 Å². The van der Waals surface area contributed by atoms with Gasteiger partial charge in [0.2, 0.25) is 10.0 Å². The summed E-state index contributed by atoms with van der Waals surface area (Å²) in [7, 11) is -2.27. The van der Waals surface area contributed by atoms with Crippen molar-refractivity contribution < 1.29 is 8.42 Å². The van der Waals surface area contributed by atoms with Crippen LogP contribution in [-0.4, -0.2) is 39.9 Å². The molecule has 0 spiro atoms. The number of nitrogen functional groups attached to an aromatic ring is 1. The summed E-state index contributed by atoms with van der Waals surface area (Å²) in [6.45, 7) is 1.83. The van der Waals surface area contributed by atoms with Gasteiger partial charge in [-0.2, -0.15) is 9.40 Å². The fourth-order valence-corrected chi connectivity index (χ4v) is 2.81. The van der Waals surface area contributed by atoms with Gasteiger partial charge >= 0.3 is 0 Å². The zero-order chi connectivity index (χ0) is 14.0. The Bertz CT molecular complexity index is 667. The highest BCUT2D eigenvalue weighted by molar-refractivity contribution is 7.89. The Morgan fingerprint density at radius 1 is 1.42 bits per heavy atom. The molecule has 0 fully saturated rings. The lowest BCUT2D eigenvalue weighted by atomic mass is 10.3. The number of nitrogens with two attached hydrogens (primary N) is 1. The molecule has 0 aliphatic carbocycles. The summed E-state index contributed by atoms with van der Waals surface area (Å²) in [6.07, 6.45) is 2.84. The minimum Gasteiger partial charge on any atom is -0.383 e. The van der Waals surface area contributed by atoms with Crippen molar-refractivity contribution in [2.24, 2.45) is 0 Å². The first-order valence-electron chi connectivity index (χ1n) is 5.44. The van der Waals surface area contributed by atoms with Crippen LogP contribution in [0.15, 0.2) is 23.5 Å². The maximum absolute atomic E-state index is 12.4. The van der Waals surface area contributed by atoms with E-state index < -0.39 is 10.0 Å². The number of H-pyrrole nitrogens is 1. The molecule has 9 heteroatoms. The van der Waals surface area contributed by atoms with Gasteiger partial charge in [0.25, 0.3) is 0 Å². The second-order valence-corrected chi connectivity index (χ2v) is 6.10. The third-order valence-corrected chi connectivity index (χ3v) is 4.38. The maximum atomic E-state index is 12.4. The first-order chi connectivity index (χ1) is 8.91. The van der Waals surface area contributed by atoms with Crippen LogP contribution in [-0.2, 0) is 16.6 Å². The van der Waals surface area contributed by atoms with Crippen molar-refractivity contribution in [1.82, 2.24) is 24.5 Å². The summed E-state index contributed by atoms with van der Waals surface area (Å²) in [5, 5.41) is 6.27. The van der Waals surface area contributed by atoms with Crippen LogP contribution in [0.2, 0.25) is 0 Å². The lowest BCUT2D eigenvalue weighted by Gasteiger charge is -2.16. The molecule has 0 saturated heterocycles. The van der Waals surface area contributed by atoms with Gasteiger partial charge in [-0.25, -0.2) is 18.4 Å². The Morgan fingerprint density at radius 3 is 2.79 bits per heavy atom. The van der Waals surface area contributed by atoms with E-state index in [1.807, 2.05) is 0 Å². The number of sulfonamides is 1. The molecule has 0 aliphatic rings. The van der Waals surface area contributed by atoms with Crippen molar-refractivity contribution in [3.8, 4) is 0 Å². The molecule has 0 amide bonds.